The van der Waals surface area contributed by atoms with Crippen LogP contribution in [-0.2, 0) is 11.3 Å². The first-order valence-electron chi connectivity index (χ1n) is 6.73. The molecule has 0 saturated heterocycles. The highest BCUT2D eigenvalue weighted by Crippen LogP contribution is 2.24. The smallest absolute Gasteiger partial charge is 0.233 e. The molecular formula is C16H22N2OS. The fraction of sp³-hybridized carbons (Fsp3) is 0.438. The van der Waals surface area contributed by atoms with Gasteiger partial charge in [-0.05, 0) is 24.6 Å². The summed E-state index contributed by atoms with van der Waals surface area (Å²) in [5, 5.41) is 5.93. The van der Waals surface area contributed by atoms with Crippen molar-refractivity contribution in [3.05, 3.63) is 29.8 Å². The topological polar surface area (TPSA) is 41.1 Å². The molecule has 1 amide bonds. The van der Waals surface area contributed by atoms with E-state index in [-0.39, 0.29) is 17.7 Å². The molecule has 1 aromatic carbocycles. The van der Waals surface area contributed by atoms with Gasteiger partial charge in [-0.2, -0.15) is 0 Å². The molecule has 0 aliphatic carbocycles. The first-order valence-corrected chi connectivity index (χ1v) is 7.61. The zero-order valence-corrected chi connectivity index (χ0v) is 13.1. The Morgan fingerprint density at radius 1 is 1.40 bits per heavy atom. The van der Waals surface area contributed by atoms with E-state index < -0.39 is 0 Å². The standard InChI is InChI=1S/C16H22N2OS/c1-5-9-17-16(19)13(4)20-15-8-6-7-14(10-15)11-18-12(2)3/h1,6-8,10,12-13,18H,9,11H2,2-4H3,(H,17,19). The Kier molecular flexibility index (Phi) is 7.21. The zero-order chi connectivity index (χ0) is 15.0. The molecule has 108 valence electrons. The van der Waals surface area contributed by atoms with E-state index in [4.69, 9.17) is 6.42 Å². The Labute approximate surface area is 125 Å². The highest BCUT2D eigenvalue weighted by Gasteiger charge is 2.13. The Bertz CT molecular complexity index is 480. The molecule has 0 aromatic heterocycles. The maximum Gasteiger partial charge on any atom is 0.233 e. The molecule has 4 heteroatoms. The Hall–Kier alpha value is -1.44. The SMILES string of the molecule is C#CCNC(=O)C(C)Sc1cccc(CNC(C)C)c1. The average molecular weight is 290 g/mol. The van der Waals surface area contributed by atoms with Crippen molar-refractivity contribution in [1.29, 1.82) is 0 Å². The maximum atomic E-state index is 11.8. The highest BCUT2D eigenvalue weighted by atomic mass is 32.2. The quantitative estimate of drug-likeness (QED) is 0.598. The number of amides is 1. The second-order valence-electron chi connectivity index (χ2n) is 4.87. The minimum Gasteiger partial charge on any atom is -0.344 e. The molecule has 20 heavy (non-hydrogen) atoms. The molecule has 1 unspecified atom stereocenters. The largest absolute Gasteiger partial charge is 0.344 e. The Balaban J connectivity index is 2.57. The summed E-state index contributed by atoms with van der Waals surface area (Å²) in [6, 6.07) is 8.70. The fourth-order valence-corrected chi connectivity index (χ4v) is 2.57. The molecule has 3 nitrogen and oxygen atoms in total. The van der Waals surface area contributed by atoms with Crippen LogP contribution in [0.3, 0.4) is 0 Å². The van der Waals surface area contributed by atoms with Gasteiger partial charge in [-0.25, -0.2) is 0 Å². The van der Waals surface area contributed by atoms with Crippen molar-refractivity contribution in [1.82, 2.24) is 10.6 Å². The van der Waals surface area contributed by atoms with Crippen LogP contribution in [0, 0.1) is 12.3 Å². The number of carbonyl (C=O) groups excluding carboxylic acids is 1. The molecule has 0 radical (unpaired) electrons. The minimum absolute atomic E-state index is 0.0290. The van der Waals surface area contributed by atoms with Crippen LogP contribution in [0.2, 0.25) is 0 Å². The van der Waals surface area contributed by atoms with Crippen molar-refractivity contribution in [2.45, 2.75) is 43.5 Å². The average Bonchev–Trinajstić information content (AvgIpc) is 2.42. The van der Waals surface area contributed by atoms with Crippen LogP contribution in [-0.4, -0.2) is 23.7 Å². The molecule has 1 atom stereocenters. The number of nitrogens with one attached hydrogen (secondary N) is 2. The molecule has 0 bridgehead atoms. The number of hydrogen-bond donors (Lipinski definition) is 2. The van der Waals surface area contributed by atoms with Crippen LogP contribution in [0.4, 0.5) is 0 Å². The third kappa shape index (κ3) is 6.14. The van der Waals surface area contributed by atoms with Gasteiger partial charge in [0.2, 0.25) is 5.91 Å². The second kappa shape index (κ2) is 8.68. The van der Waals surface area contributed by atoms with Gasteiger partial charge in [0.25, 0.3) is 0 Å². The van der Waals surface area contributed by atoms with Gasteiger partial charge in [-0.1, -0.05) is 31.9 Å². The van der Waals surface area contributed by atoms with E-state index in [0.717, 1.165) is 11.4 Å². The van der Waals surface area contributed by atoms with Gasteiger partial charge in [0.1, 0.15) is 0 Å². The molecule has 2 N–H and O–H groups in total. The van der Waals surface area contributed by atoms with E-state index in [1.807, 2.05) is 19.1 Å². The summed E-state index contributed by atoms with van der Waals surface area (Å²) in [6.45, 7) is 7.24. The lowest BCUT2D eigenvalue weighted by Gasteiger charge is -2.12. The predicted molar refractivity (Wildman–Crippen MR) is 85.6 cm³/mol. The summed E-state index contributed by atoms with van der Waals surface area (Å²) in [5.41, 5.74) is 1.22. The van der Waals surface area contributed by atoms with Gasteiger partial charge in [0.15, 0.2) is 0 Å². The molecule has 0 saturated carbocycles. The molecule has 0 aliphatic rings. The summed E-state index contributed by atoms with van der Waals surface area (Å²) >= 11 is 1.54. The minimum atomic E-state index is -0.156. The van der Waals surface area contributed by atoms with E-state index in [2.05, 4.69) is 42.5 Å². The number of rotatable bonds is 7. The van der Waals surface area contributed by atoms with E-state index in [0.29, 0.717) is 6.04 Å². The van der Waals surface area contributed by atoms with Gasteiger partial charge >= 0.3 is 0 Å². The molecule has 0 aliphatic heterocycles. The highest BCUT2D eigenvalue weighted by molar-refractivity contribution is 8.00. The van der Waals surface area contributed by atoms with E-state index in [1.54, 1.807) is 11.8 Å². The predicted octanol–water partition coefficient (Wildman–Crippen LogP) is 2.41. The first kappa shape index (κ1) is 16.6. The summed E-state index contributed by atoms with van der Waals surface area (Å²) in [4.78, 5) is 12.9. The third-order valence-corrected chi connectivity index (χ3v) is 3.75. The number of terminal acetylenes is 1. The maximum absolute atomic E-state index is 11.8. The van der Waals surface area contributed by atoms with Gasteiger partial charge < -0.3 is 10.6 Å². The fourth-order valence-electron chi connectivity index (χ4n) is 1.59. The van der Waals surface area contributed by atoms with Gasteiger partial charge in [0, 0.05) is 17.5 Å². The molecule has 0 fully saturated rings. The van der Waals surface area contributed by atoms with E-state index >= 15 is 0 Å². The number of thioether (sulfide) groups is 1. The summed E-state index contributed by atoms with van der Waals surface area (Å²) in [5.74, 6) is 2.38. The van der Waals surface area contributed by atoms with E-state index in [9.17, 15) is 4.79 Å². The van der Waals surface area contributed by atoms with Crippen molar-refractivity contribution >= 4 is 17.7 Å². The number of carbonyl (C=O) groups is 1. The summed E-state index contributed by atoms with van der Waals surface area (Å²) in [6.07, 6.45) is 5.13. The molecule has 0 heterocycles. The zero-order valence-electron chi connectivity index (χ0n) is 12.3. The molecule has 0 spiro atoms. The summed E-state index contributed by atoms with van der Waals surface area (Å²) < 4.78 is 0. The van der Waals surface area contributed by atoms with Crippen LogP contribution in [0.1, 0.15) is 26.3 Å². The van der Waals surface area contributed by atoms with Gasteiger partial charge in [-0.15, -0.1) is 18.2 Å². The van der Waals surface area contributed by atoms with Gasteiger partial charge in [-0.3, -0.25) is 4.79 Å². The lowest BCUT2D eigenvalue weighted by atomic mass is 10.2. The number of hydrogen-bond acceptors (Lipinski definition) is 3. The van der Waals surface area contributed by atoms with Crippen molar-refractivity contribution in [2.24, 2.45) is 0 Å². The molecular weight excluding hydrogens is 268 g/mol. The van der Waals surface area contributed by atoms with Crippen LogP contribution >= 0.6 is 11.8 Å². The lowest BCUT2D eigenvalue weighted by Crippen LogP contribution is -2.31. The van der Waals surface area contributed by atoms with Crippen LogP contribution in [0.15, 0.2) is 29.2 Å². The third-order valence-electron chi connectivity index (χ3n) is 2.66. The number of benzene rings is 1. The van der Waals surface area contributed by atoms with Crippen molar-refractivity contribution < 1.29 is 4.79 Å². The molecule has 1 aromatic rings. The van der Waals surface area contributed by atoms with Crippen molar-refractivity contribution in [2.75, 3.05) is 6.54 Å². The monoisotopic (exact) mass is 290 g/mol. The van der Waals surface area contributed by atoms with Crippen LogP contribution < -0.4 is 10.6 Å². The first-order chi connectivity index (χ1) is 9.52. The van der Waals surface area contributed by atoms with Crippen molar-refractivity contribution in [3.63, 3.8) is 0 Å². The van der Waals surface area contributed by atoms with Crippen molar-refractivity contribution in [3.8, 4) is 12.3 Å². The normalized spacial score (nSPS) is 11.9. The van der Waals surface area contributed by atoms with E-state index in [1.165, 1.54) is 5.56 Å². The summed E-state index contributed by atoms with van der Waals surface area (Å²) in [7, 11) is 0. The Morgan fingerprint density at radius 2 is 2.15 bits per heavy atom. The Morgan fingerprint density at radius 3 is 2.80 bits per heavy atom. The lowest BCUT2D eigenvalue weighted by molar-refractivity contribution is -0.120. The van der Waals surface area contributed by atoms with Crippen LogP contribution in [0.25, 0.3) is 0 Å². The van der Waals surface area contributed by atoms with Gasteiger partial charge in [0.05, 0.1) is 11.8 Å². The second-order valence-corrected chi connectivity index (χ2v) is 6.28. The molecule has 1 rings (SSSR count). The van der Waals surface area contributed by atoms with Crippen LogP contribution in [0.5, 0.6) is 0 Å².